The number of primary amides is 1. The van der Waals surface area contributed by atoms with Crippen LogP contribution in [-0.2, 0) is 9.53 Å². The van der Waals surface area contributed by atoms with Crippen LogP contribution in [0.5, 0.6) is 0 Å². The van der Waals surface area contributed by atoms with Crippen molar-refractivity contribution in [3.05, 3.63) is 35.9 Å². The molecule has 1 atom stereocenters. The van der Waals surface area contributed by atoms with E-state index in [1.165, 1.54) is 0 Å². The normalized spacial score (nSPS) is 11.7. The standard InChI is InChI=1S/C13H16N2O4/c1-8(2)10(11(16)15-13(14)18)19-12(17)9-6-4-3-5-7-9/h3-8,10H,1-2H3,(H3,14,15,16,18)/t10-/m0/s1. The molecule has 0 aliphatic carbocycles. The van der Waals surface area contributed by atoms with Crippen molar-refractivity contribution in [2.75, 3.05) is 0 Å². The van der Waals surface area contributed by atoms with Gasteiger partial charge in [-0.05, 0) is 18.1 Å². The maximum Gasteiger partial charge on any atom is 0.338 e. The van der Waals surface area contributed by atoms with Crippen LogP contribution in [0, 0.1) is 5.92 Å². The maximum absolute atomic E-state index is 11.8. The van der Waals surface area contributed by atoms with Crippen LogP contribution in [0.4, 0.5) is 4.79 Å². The Hall–Kier alpha value is -2.37. The van der Waals surface area contributed by atoms with Crippen LogP contribution >= 0.6 is 0 Å². The van der Waals surface area contributed by atoms with Gasteiger partial charge in [0.25, 0.3) is 5.91 Å². The second-order valence-electron chi connectivity index (χ2n) is 4.29. The first kappa shape index (κ1) is 14.7. The van der Waals surface area contributed by atoms with Gasteiger partial charge >= 0.3 is 12.0 Å². The Kier molecular flexibility index (Phi) is 5.05. The fourth-order valence-electron chi connectivity index (χ4n) is 1.44. The zero-order chi connectivity index (χ0) is 14.4. The molecule has 1 aromatic carbocycles. The minimum atomic E-state index is -1.07. The Morgan fingerprint density at radius 3 is 2.21 bits per heavy atom. The zero-order valence-corrected chi connectivity index (χ0v) is 10.8. The highest BCUT2D eigenvalue weighted by molar-refractivity contribution is 5.98. The molecule has 0 saturated heterocycles. The van der Waals surface area contributed by atoms with Gasteiger partial charge in [0.15, 0.2) is 6.10 Å². The summed E-state index contributed by atoms with van der Waals surface area (Å²) in [4.78, 5) is 34.1. The summed E-state index contributed by atoms with van der Waals surface area (Å²) in [6.07, 6.45) is -1.07. The molecule has 0 fully saturated rings. The fourth-order valence-corrected chi connectivity index (χ4v) is 1.44. The van der Waals surface area contributed by atoms with E-state index >= 15 is 0 Å². The first-order valence-electron chi connectivity index (χ1n) is 5.78. The summed E-state index contributed by atoms with van der Waals surface area (Å²) in [6.45, 7) is 3.40. The predicted octanol–water partition coefficient (Wildman–Crippen LogP) is 1.06. The molecule has 0 radical (unpaired) electrons. The summed E-state index contributed by atoms with van der Waals surface area (Å²) in [5.74, 6) is -1.64. The van der Waals surface area contributed by atoms with Gasteiger partial charge in [-0.25, -0.2) is 9.59 Å². The number of carbonyl (C=O) groups excluding carboxylic acids is 3. The highest BCUT2D eigenvalue weighted by atomic mass is 16.5. The van der Waals surface area contributed by atoms with Crippen molar-refractivity contribution in [1.82, 2.24) is 5.32 Å². The van der Waals surface area contributed by atoms with Crippen molar-refractivity contribution < 1.29 is 19.1 Å². The van der Waals surface area contributed by atoms with Crippen LogP contribution in [-0.4, -0.2) is 24.0 Å². The summed E-state index contributed by atoms with van der Waals surface area (Å²) in [5, 5.41) is 1.90. The molecule has 6 nitrogen and oxygen atoms in total. The molecule has 1 rings (SSSR count). The number of carbonyl (C=O) groups is 3. The van der Waals surface area contributed by atoms with E-state index in [4.69, 9.17) is 10.5 Å². The minimum absolute atomic E-state index is 0.285. The van der Waals surface area contributed by atoms with Gasteiger partial charge in [-0.1, -0.05) is 32.0 Å². The SMILES string of the molecule is CC(C)[C@H](OC(=O)c1ccccc1)C(=O)NC(N)=O. The number of nitrogens with two attached hydrogens (primary N) is 1. The Morgan fingerprint density at radius 1 is 1.16 bits per heavy atom. The number of amides is 3. The molecule has 0 aliphatic heterocycles. The van der Waals surface area contributed by atoms with Crippen LogP contribution in [0.3, 0.4) is 0 Å². The van der Waals surface area contributed by atoms with E-state index in [-0.39, 0.29) is 5.92 Å². The van der Waals surface area contributed by atoms with E-state index in [1.54, 1.807) is 44.2 Å². The highest BCUT2D eigenvalue weighted by Crippen LogP contribution is 2.11. The van der Waals surface area contributed by atoms with Gasteiger partial charge in [0.1, 0.15) is 0 Å². The first-order valence-corrected chi connectivity index (χ1v) is 5.78. The number of rotatable bonds is 4. The van der Waals surface area contributed by atoms with E-state index in [2.05, 4.69) is 0 Å². The quantitative estimate of drug-likeness (QED) is 0.794. The van der Waals surface area contributed by atoms with E-state index in [0.29, 0.717) is 5.56 Å². The number of imide groups is 1. The van der Waals surface area contributed by atoms with Crippen molar-refractivity contribution in [3.63, 3.8) is 0 Å². The fraction of sp³-hybridized carbons (Fsp3) is 0.308. The summed E-state index contributed by atoms with van der Waals surface area (Å²) >= 11 is 0. The molecule has 0 spiro atoms. The number of urea groups is 1. The van der Waals surface area contributed by atoms with Gasteiger partial charge < -0.3 is 10.5 Å². The minimum Gasteiger partial charge on any atom is -0.448 e. The van der Waals surface area contributed by atoms with Gasteiger partial charge in [0.2, 0.25) is 0 Å². The lowest BCUT2D eigenvalue weighted by Gasteiger charge is -2.19. The molecule has 6 heteroatoms. The van der Waals surface area contributed by atoms with Crippen LogP contribution in [0.15, 0.2) is 30.3 Å². The number of benzene rings is 1. The largest absolute Gasteiger partial charge is 0.448 e. The Labute approximate surface area is 110 Å². The molecule has 0 saturated carbocycles. The second kappa shape index (κ2) is 6.53. The average Bonchev–Trinajstić information content (AvgIpc) is 2.35. The van der Waals surface area contributed by atoms with Crippen LogP contribution in [0.1, 0.15) is 24.2 Å². The summed E-state index contributed by atoms with van der Waals surface area (Å²) in [5.41, 5.74) is 5.20. The molecule has 0 aliphatic rings. The molecule has 0 bridgehead atoms. The van der Waals surface area contributed by atoms with Gasteiger partial charge in [0, 0.05) is 0 Å². The van der Waals surface area contributed by atoms with Crippen molar-refractivity contribution in [2.24, 2.45) is 11.7 Å². The first-order chi connectivity index (χ1) is 8.91. The molecule has 3 amide bonds. The van der Waals surface area contributed by atoms with Crippen molar-refractivity contribution >= 4 is 17.9 Å². The number of ether oxygens (including phenoxy) is 1. The Morgan fingerprint density at radius 2 is 1.74 bits per heavy atom. The smallest absolute Gasteiger partial charge is 0.338 e. The molecular formula is C13H16N2O4. The van der Waals surface area contributed by atoms with E-state index in [0.717, 1.165) is 0 Å². The molecule has 0 heterocycles. The predicted molar refractivity (Wildman–Crippen MR) is 68.2 cm³/mol. The third-order valence-electron chi connectivity index (χ3n) is 2.35. The van der Waals surface area contributed by atoms with Crippen molar-refractivity contribution in [1.29, 1.82) is 0 Å². The lowest BCUT2D eigenvalue weighted by Crippen LogP contribution is -2.45. The third-order valence-corrected chi connectivity index (χ3v) is 2.35. The van der Waals surface area contributed by atoms with Crippen molar-refractivity contribution in [2.45, 2.75) is 20.0 Å². The molecule has 1 aromatic rings. The highest BCUT2D eigenvalue weighted by Gasteiger charge is 2.27. The summed E-state index contributed by atoms with van der Waals surface area (Å²) in [7, 11) is 0. The molecular weight excluding hydrogens is 248 g/mol. The van der Waals surface area contributed by atoms with E-state index in [1.807, 2.05) is 5.32 Å². The second-order valence-corrected chi connectivity index (χ2v) is 4.29. The average molecular weight is 264 g/mol. The monoisotopic (exact) mass is 264 g/mol. The number of hydrogen-bond donors (Lipinski definition) is 2. The van der Waals surface area contributed by atoms with Crippen LogP contribution in [0.2, 0.25) is 0 Å². The Bertz CT molecular complexity index is 471. The molecule has 0 unspecified atom stereocenters. The zero-order valence-electron chi connectivity index (χ0n) is 10.8. The molecule has 3 N–H and O–H groups in total. The number of nitrogens with one attached hydrogen (secondary N) is 1. The topological polar surface area (TPSA) is 98.5 Å². The molecule has 0 aromatic heterocycles. The van der Waals surface area contributed by atoms with Crippen LogP contribution < -0.4 is 11.1 Å². The lowest BCUT2D eigenvalue weighted by molar-refractivity contribution is -0.130. The molecule has 19 heavy (non-hydrogen) atoms. The lowest BCUT2D eigenvalue weighted by atomic mass is 10.1. The maximum atomic E-state index is 11.8. The number of esters is 1. The van der Waals surface area contributed by atoms with Gasteiger partial charge in [-0.2, -0.15) is 0 Å². The number of hydrogen-bond acceptors (Lipinski definition) is 4. The molecule has 102 valence electrons. The summed E-state index contributed by atoms with van der Waals surface area (Å²) in [6, 6.07) is 7.30. The van der Waals surface area contributed by atoms with Crippen molar-refractivity contribution in [3.8, 4) is 0 Å². The van der Waals surface area contributed by atoms with Gasteiger partial charge in [-0.3, -0.25) is 10.1 Å². The Balaban J connectivity index is 2.77. The third kappa shape index (κ3) is 4.42. The van der Waals surface area contributed by atoms with E-state index in [9.17, 15) is 14.4 Å². The van der Waals surface area contributed by atoms with Gasteiger partial charge in [-0.15, -0.1) is 0 Å². The van der Waals surface area contributed by atoms with Gasteiger partial charge in [0.05, 0.1) is 5.56 Å². The van der Waals surface area contributed by atoms with E-state index < -0.39 is 24.0 Å². The summed E-state index contributed by atoms with van der Waals surface area (Å²) < 4.78 is 5.10. The van der Waals surface area contributed by atoms with Crippen LogP contribution in [0.25, 0.3) is 0 Å².